The van der Waals surface area contributed by atoms with Crippen LogP contribution in [-0.4, -0.2) is 51.6 Å². The van der Waals surface area contributed by atoms with E-state index < -0.39 is 0 Å². The lowest BCUT2D eigenvalue weighted by atomic mass is 9.84. The Morgan fingerprint density at radius 2 is 1.91 bits per heavy atom. The first kappa shape index (κ1) is 15.5. The first-order chi connectivity index (χ1) is 11.2. The van der Waals surface area contributed by atoms with E-state index in [4.69, 9.17) is 9.72 Å². The van der Waals surface area contributed by atoms with Crippen molar-refractivity contribution >= 4 is 21.4 Å². The van der Waals surface area contributed by atoms with Crippen molar-refractivity contribution in [3.63, 3.8) is 0 Å². The van der Waals surface area contributed by atoms with Crippen molar-refractivity contribution in [3.05, 3.63) is 28.5 Å². The zero-order valence-corrected chi connectivity index (χ0v) is 15.1. The number of ether oxygens (including phenoxy) is 1. The Kier molecular flexibility index (Phi) is 4.39. The molecular weight excluding hydrogens is 356 g/mol. The highest BCUT2D eigenvalue weighted by Crippen LogP contribution is 2.36. The molecule has 0 unspecified atom stereocenters. The number of aryl methyl sites for hydroxylation is 1. The lowest BCUT2D eigenvalue weighted by molar-refractivity contribution is 0.00710. The van der Waals surface area contributed by atoms with Crippen LogP contribution in [0.3, 0.4) is 0 Å². The predicted octanol–water partition coefficient (Wildman–Crippen LogP) is 3.16. The number of fused-ring (bicyclic) bond motifs is 1. The van der Waals surface area contributed by atoms with E-state index in [0.717, 1.165) is 48.2 Å². The fourth-order valence-electron chi connectivity index (χ4n) is 4.10. The van der Waals surface area contributed by atoms with E-state index in [2.05, 4.69) is 30.2 Å². The molecule has 2 aliphatic rings. The van der Waals surface area contributed by atoms with Gasteiger partial charge in [-0.2, -0.15) is 0 Å². The molecule has 4 rings (SSSR count). The van der Waals surface area contributed by atoms with Crippen molar-refractivity contribution in [1.29, 1.82) is 0 Å². The molecule has 23 heavy (non-hydrogen) atoms. The summed E-state index contributed by atoms with van der Waals surface area (Å²) in [6, 6.07) is 0.730. The number of aromatic nitrogens is 3. The van der Waals surface area contributed by atoms with E-state index in [-0.39, 0.29) is 0 Å². The monoisotopic (exact) mass is 378 g/mol. The summed E-state index contributed by atoms with van der Waals surface area (Å²) in [4.78, 5) is 11.8. The summed E-state index contributed by atoms with van der Waals surface area (Å²) in [6.07, 6.45) is 8.88. The molecule has 2 aromatic heterocycles. The third-order valence-corrected chi connectivity index (χ3v) is 5.90. The van der Waals surface area contributed by atoms with E-state index >= 15 is 0 Å². The number of nitrogens with zero attached hydrogens (tertiary/aromatic N) is 4. The lowest BCUT2D eigenvalue weighted by Gasteiger charge is -2.38. The van der Waals surface area contributed by atoms with Crippen molar-refractivity contribution in [2.45, 2.75) is 44.6 Å². The van der Waals surface area contributed by atoms with Gasteiger partial charge >= 0.3 is 0 Å². The standard InChI is InChI=1S/C17H23BrN4O/c1-12-15-16(18)20-17(22(15)7-6-19-12)13-2-4-14(5-3-13)21-8-10-23-11-9-21/h6-7,13-14H,2-5,8-11H2,1H3/t13-,14-. The van der Waals surface area contributed by atoms with Crippen LogP contribution in [0.1, 0.15) is 43.1 Å². The number of morpholine rings is 1. The van der Waals surface area contributed by atoms with Crippen LogP contribution >= 0.6 is 15.9 Å². The van der Waals surface area contributed by atoms with Crippen LogP contribution in [0.15, 0.2) is 17.0 Å². The average molecular weight is 379 g/mol. The summed E-state index contributed by atoms with van der Waals surface area (Å²) in [6.45, 7) is 6.02. The molecule has 124 valence electrons. The Hall–Kier alpha value is -0.980. The van der Waals surface area contributed by atoms with Crippen LogP contribution in [0.5, 0.6) is 0 Å². The molecule has 0 radical (unpaired) electrons. The summed E-state index contributed by atoms with van der Waals surface area (Å²) >= 11 is 3.62. The molecule has 0 spiro atoms. The van der Waals surface area contributed by atoms with Crippen LogP contribution in [-0.2, 0) is 4.74 Å². The van der Waals surface area contributed by atoms with Gasteiger partial charge in [-0.15, -0.1) is 0 Å². The molecule has 5 nitrogen and oxygen atoms in total. The predicted molar refractivity (Wildman–Crippen MR) is 92.8 cm³/mol. The fourth-order valence-corrected chi connectivity index (χ4v) is 4.76. The molecule has 0 bridgehead atoms. The van der Waals surface area contributed by atoms with E-state index in [9.17, 15) is 0 Å². The number of imidazole rings is 1. The summed E-state index contributed by atoms with van der Waals surface area (Å²) in [5.74, 6) is 1.74. The Morgan fingerprint density at radius 1 is 1.17 bits per heavy atom. The Labute approximate surface area is 145 Å². The van der Waals surface area contributed by atoms with Crippen LogP contribution in [0.25, 0.3) is 5.52 Å². The first-order valence-corrected chi connectivity index (χ1v) is 9.34. The molecule has 2 aromatic rings. The van der Waals surface area contributed by atoms with E-state index in [1.54, 1.807) is 0 Å². The second kappa shape index (κ2) is 6.49. The second-order valence-corrected chi connectivity index (χ2v) is 7.40. The maximum atomic E-state index is 5.48. The van der Waals surface area contributed by atoms with E-state index in [1.807, 2.05) is 19.3 Å². The maximum absolute atomic E-state index is 5.48. The van der Waals surface area contributed by atoms with E-state index in [1.165, 1.54) is 31.5 Å². The highest BCUT2D eigenvalue weighted by atomic mass is 79.9. The number of hydrogen-bond acceptors (Lipinski definition) is 4. The summed E-state index contributed by atoms with van der Waals surface area (Å²) in [7, 11) is 0. The summed E-state index contributed by atoms with van der Waals surface area (Å²) in [5.41, 5.74) is 2.14. The maximum Gasteiger partial charge on any atom is 0.134 e. The minimum atomic E-state index is 0.549. The molecule has 3 heterocycles. The van der Waals surface area contributed by atoms with Gasteiger partial charge in [-0.3, -0.25) is 14.3 Å². The van der Waals surface area contributed by atoms with Gasteiger partial charge in [0.15, 0.2) is 0 Å². The van der Waals surface area contributed by atoms with Crippen LogP contribution < -0.4 is 0 Å². The zero-order valence-electron chi connectivity index (χ0n) is 13.5. The van der Waals surface area contributed by atoms with Gasteiger partial charge in [0.05, 0.1) is 18.9 Å². The molecule has 1 saturated heterocycles. The molecule has 0 atom stereocenters. The second-order valence-electron chi connectivity index (χ2n) is 6.65. The summed E-state index contributed by atoms with van der Waals surface area (Å²) in [5, 5.41) is 0. The fraction of sp³-hybridized carbons (Fsp3) is 0.647. The topological polar surface area (TPSA) is 42.7 Å². The normalized spacial score (nSPS) is 26.7. The number of rotatable bonds is 2. The lowest BCUT2D eigenvalue weighted by Crippen LogP contribution is -2.44. The number of hydrogen-bond donors (Lipinski definition) is 0. The molecule has 0 amide bonds. The SMILES string of the molecule is Cc1nccn2c1c(Br)nc2[C@H]1CC[C@H](N2CCOCC2)CC1. The van der Waals surface area contributed by atoms with Gasteiger partial charge in [-0.25, -0.2) is 4.98 Å². The molecule has 1 aliphatic heterocycles. The zero-order chi connectivity index (χ0) is 15.8. The first-order valence-electron chi connectivity index (χ1n) is 8.55. The van der Waals surface area contributed by atoms with Crippen molar-refractivity contribution in [3.8, 4) is 0 Å². The van der Waals surface area contributed by atoms with Crippen molar-refractivity contribution < 1.29 is 4.74 Å². The number of halogens is 1. The highest BCUT2D eigenvalue weighted by Gasteiger charge is 2.30. The Morgan fingerprint density at radius 3 is 2.65 bits per heavy atom. The molecule has 0 aromatic carbocycles. The van der Waals surface area contributed by atoms with Gasteiger partial charge in [0.2, 0.25) is 0 Å². The molecule has 6 heteroatoms. The molecule has 1 aliphatic carbocycles. The van der Waals surface area contributed by atoms with Gasteiger partial charge in [-0.05, 0) is 48.5 Å². The van der Waals surface area contributed by atoms with Gasteiger partial charge in [0.25, 0.3) is 0 Å². The van der Waals surface area contributed by atoms with Crippen molar-refractivity contribution in [2.24, 2.45) is 0 Å². The highest BCUT2D eigenvalue weighted by molar-refractivity contribution is 9.10. The van der Waals surface area contributed by atoms with Gasteiger partial charge in [0.1, 0.15) is 15.9 Å². The van der Waals surface area contributed by atoms with Crippen molar-refractivity contribution in [2.75, 3.05) is 26.3 Å². The van der Waals surface area contributed by atoms with Crippen LogP contribution in [0.4, 0.5) is 0 Å². The van der Waals surface area contributed by atoms with E-state index in [0.29, 0.717) is 5.92 Å². The molecular formula is C17H23BrN4O. The largest absolute Gasteiger partial charge is 0.379 e. The Balaban J connectivity index is 1.51. The van der Waals surface area contributed by atoms with Crippen LogP contribution in [0.2, 0.25) is 0 Å². The smallest absolute Gasteiger partial charge is 0.134 e. The summed E-state index contributed by atoms with van der Waals surface area (Å²) < 4.78 is 8.63. The van der Waals surface area contributed by atoms with Gasteiger partial charge in [0, 0.05) is 37.4 Å². The average Bonchev–Trinajstić information content (AvgIpc) is 2.94. The molecule has 0 N–H and O–H groups in total. The van der Waals surface area contributed by atoms with Crippen LogP contribution in [0, 0.1) is 6.92 Å². The minimum absolute atomic E-state index is 0.549. The quantitative estimate of drug-likeness (QED) is 0.804. The third-order valence-electron chi connectivity index (χ3n) is 5.35. The van der Waals surface area contributed by atoms with Gasteiger partial charge < -0.3 is 4.74 Å². The molecule has 1 saturated carbocycles. The Bertz CT molecular complexity index is 687. The third kappa shape index (κ3) is 2.92. The molecule has 2 fully saturated rings. The van der Waals surface area contributed by atoms with Gasteiger partial charge in [-0.1, -0.05) is 0 Å². The van der Waals surface area contributed by atoms with Crippen molar-refractivity contribution in [1.82, 2.24) is 19.3 Å². The minimum Gasteiger partial charge on any atom is -0.379 e.